The highest BCUT2D eigenvalue weighted by Crippen LogP contribution is 2.08. The summed E-state index contributed by atoms with van der Waals surface area (Å²) in [6, 6.07) is 0. The number of esters is 1. The molecule has 12 heavy (non-hydrogen) atoms. The van der Waals surface area contributed by atoms with Gasteiger partial charge in [0.15, 0.2) is 0 Å². The molecule has 1 aliphatic heterocycles. The molecule has 0 fully saturated rings. The molecular formula is C9H15NO2. The summed E-state index contributed by atoms with van der Waals surface area (Å²) >= 11 is 0. The maximum absolute atomic E-state index is 11.6. The SMILES string of the molecule is [2H]C([2H])([2H])C([2H])([2H])OC(=O)C1=CCCN(C)C1. The van der Waals surface area contributed by atoms with Crippen LogP contribution in [0.2, 0.25) is 0 Å². The molecule has 1 heterocycles. The molecular weight excluding hydrogens is 154 g/mol. The molecule has 0 amide bonds. The average molecular weight is 174 g/mol. The normalized spacial score (nSPS) is 27.1. The number of hydrogen-bond donors (Lipinski definition) is 0. The van der Waals surface area contributed by atoms with Crippen LogP contribution in [0.1, 0.15) is 20.1 Å². The van der Waals surface area contributed by atoms with Gasteiger partial charge in [0.25, 0.3) is 0 Å². The Labute approximate surface area is 80.0 Å². The number of nitrogens with zero attached hydrogens (tertiary/aromatic N) is 1. The molecule has 0 saturated carbocycles. The zero-order chi connectivity index (χ0) is 13.3. The van der Waals surface area contributed by atoms with Gasteiger partial charge in [-0.1, -0.05) is 6.08 Å². The highest BCUT2D eigenvalue weighted by atomic mass is 16.5. The minimum absolute atomic E-state index is 0.298. The number of carbonyl (C=O) groups excluding carboxylic acids is 1. The second-order valence-corrected chi connectivity index (χ2v) is 2.75. The van der Waals surface area contributed by atoms with E-state index in [4.69, 9.17) is 6.85 Å². The summed E-state index contributed by atoms with van der Waals surface area (Å²) in [5, 5.41) is 0. The van der Waals surface area contributed by atoms with Gasteiger partial charge in [0.05, 0.1) is 9.30 Å². The predicted molar refractivity (Wildman–Crippen MR) is 46.8 cm³/mol. The first-order valence-electron chi connectivity index (χ1n) is 6.24. The summed E-state index contributed by atoms with van der Waals surface area (Å²) in [7, 11) is 1.82. The predicted octanol–water partition coefficient (Wildman–Crippen LogP) is 0.811. The van der Waals surface area contributed by atoms with E-state index in [9.17, 15) is 4.79 Å². The largest absolute Gasteiger partial charge is 0.463 e. The summed E-state index contributed by atoms with van der Waals surface area (Å²) < 4.78 is 39.6. The van der Waals surface area contributed by atoms with Crippen LogP contribution in [0.25, 0.3) is 0 Å². The van der Waals surface area contributed by atoms with E-state index in [1.54, 1.807) is 6.08 Å². The number of likely N-dealkylation sites (N-methyl/N-ethyl adjacent to an activating group) is 1. The van der Waals surface area contributed by atoms with E-state index in [2.05, 4.69) is 4.74 Å². The molecule has 1 aliphatic rings. The van der Waals surface area contributed by atoms with Crippen molar-refractivity contribution < 1.29 is 16.4 Å². The molecule has 0 atom stereocenters. The molecule has 3 heteroatoms. The Morgan fingerprint density at radius 2 is 2.83 bits per heavy atom. The van der Waals surface area contributed by atoms with Crippen LogP contribution >= 0.6 is 0 Å². The van der Waals surface area contributed by atoms with Gasteiger partial charge in [0.2, 0.25) is 0 Å². The van der Waals surface area contributed by atoms with Crippen molar-refractivity contribution in [3.05, 3.63) is 11.6 Å². The Balaban J connectivity index is 2.70. The number of ether oxygens (including phenoxy) is 1. The van der Waals surface area contributed by atoms with Crippen molar-refractivity contribution >= 4 is 5.97 Å². The molecule has 0 radical (unpaired) electrons. The first-order valence-corrected chi connectivity index (χ1v) is 3.74. The first kappa shape index (κ1) is 4.42. The van der Waals surface area contributed by atoms with Gasteiger partial charge in [-0.2, -0.15) is 0 Å². The molecule has 0 N–H and O–H groups in total. The highest BCUT2D eigenvalue weighted by molar-refractivity contribution is 5.89. The first-order chi connectivity index (χ1) is 7.63. The fraction of sp³-hybridized carbons (Fsp3) is 0.667. The quantitative estimate of drug-likeness (QED) is 0.580. The standard InChI is InChI=1S/C9H15NO2/c1-3-12-9(11)8-5-4-6-10(2)7-8/h5H,3-4,6-7H2,1-2H3/i1D3,3D2. The van der Waals surface area contributed by atoms with Crippen molar-refractivity contribution in [1.29, 1.82) is 0 Å². The Kier molecular flexibility index (Phi) is 1.57. The van der Waals surface area contributed by atoms with Crippen molar-refractivity contribution in [2.45, 2.75) is 13.3 Å². The van der Waals surface area contributed by atoms with E-state index in [1.165, 1.54) is 0 Å². The van der Waals surface area contributed by atoms with Crippen molar-refractivity contribution in [3.8, 4) is 0 Å². The summed E-state index contributed by atoms with van der Waals surface area (Å²) in [6.45, 7) is -4.79. The third kappa shape index (κ3) is 2.34. The number of carbonyl (C=O) groups is 1. The fourth-order valence-electron chi connectivity index (χ4n) is 1.15. The fourth-order valence-corrected chi connectivity index (χ4v) is 1.15. The lowest BCUT2D eigenvalue weighted by molar-refractivity contribution is -0.138. The zero-order valence-electron chi connectivity index (χ0n) is 12.0. The van der Waals surface area contributed by atoms with Gasteiger partial charge in [0, 0.05) is 22.8 Å². The monoisotopic (exact) mass is 174 g/mol. The maximum Gasteiger partial charge on any atom is 0.334 e. The van der Waals surface area contributed by atoms with E-state index < -0.39 is 19.4 Å². The minimum Gasteiger partial charge on any atom is -0.463 e. The van der Waals surface area contributed by atoms with Crippen LogP contribution in [0.3, 0.4) is 0 Å². The smallest absolute Gasteiger partial charge is 0.334 e. The number of hydrogen-bond acceptors (Lipinski definition) is 3. The molecule has 0 aromatic rings. The number of rotatable bonds is 2. The second kappa shape index (κ2) is 4.26. The van der Waals surface area contributed by atoms with E-state index in [0.717, 1.165) is 6.54 Å². The van der Waals surface area contributed by atoms with Crippen LogP contribution in [-0.2, 0) is 9.53 Å². The Bertz CT molecular complexity index is 337. The molecule has 0 spiro atoms. The third-order valence-corrected chi connectivity index (χ3v) is 1.75. The van der Waals surface area contributed by atoms with Crippen molar-refractivity contribution in [2.75, 3.05) is 26.7 Å². The molecule has 0 unspecified atom stereocenters. The van der Waals surface area contributed by atoms with E-state index in [0.29, 0.717) is 18.5 Å². The Morgan fingerprint density at radius 3 is 3.50 bits per heavy atom. The van der Waals surface area contributed by atoms with Crippen LogP contribution in [0.4, 0.5) is 0 Å². The van der Waals surface area contributed by atoms with Gasteiger partial charge in [-0.15, -0.1) is 0 Å². The topological polar surface area (TPSA) is 29.5 Å². The lowest BCUT2D eigenvalue weighted by atomic mass is 10.1. The van der Waals surface area contributed by atoms with E-state index in [-0.39, 0.29) is 0 Å². The van der Waals surface area contributed by atoms with Crippen LogP contribution in [0.15, 0.2) is 11.6 Å². The zero-order valence-corrected chi connectivity index (χ0v) is 6.96. The summed E-state index contributed by atoms with van der Waals surface area (Å²) in [4.78, 5) is 13.5. The van der Waals surface area contributed by atoms with Gasteiger partial charge in [-0.05, 0) is 20.3 Å². The lowest BCUT2D eigenvalue weighted by Crippen LogP contribution is -2.29. The van der Waals surface area contributed by atoms with E-state index in [1.807, 2.05) is 11.9 Å². The van der Waals surface area contributed by atoms with E-state index >= 15 is 0 Å². The van der Waals surface area contributed by atoms with Crippen LogP contribution < -0.4 is 0 Å². The van der Waals surface area contributed by atoms with Crippen LogP contribution in [0.5, 0.6) is 0 Å². The average Bonchev–Trinajstić information content (AvgIpc) is 2.15. The van der Waals surface area contributed by atoms with Gasteiger partial charge in [-0.25, -0.2) is 4.79 Å². The van der Waals surface area contributed by atoms with Gasteiger partial charge >= 0.3 is 5.97 Å². The molecule has 68 valence electrons. The molecule has 0 aliphatic carbocycles. The minimum atomic E-state index is -2.98. The van der Waals surface area contributed by atoms with Crippen molar-refractivity contribution in [3.63, 3.8) is 0 Å². The molecule has 0 saturated heterocycles. The lowest BCUT2D eigenvalue weighted by Gasteiger charge is -2.21. The van der Waals surface area contributed by atoms with Crippen LogP contribution in [0, 0.1) is 0 Å². The van der Waals surface area contributed by atoms with Gasteiger partial charge in [0.1, 0.15) is 0 Å². The molecule has 0 bridgehead atoms. The van der Waals surface area contributed by atoms with Crippen molar-refractivity contribution in [2.24, 2.45) is 0 Å². The maximum atomic E-state index is 11.6. The second-order valence-electron chi connectivity index (χ2n) is 2.75. The molecule has 0 aromatic carbocycles. The molecule has 1 rings (SSSR count). The van der Waals surface area contributed by atoms with Crippen molar-refractivity contribution in [1.82, 2.24) is 4.90 Å². The molecule has 0 aromatic heterocycles. The van der Waals surface area contributed by atoms with Gasteiger partial charge < -0.3 is 9.64 Å². The Hall–Kier alpha value is -0.830. The summed E-state index contributed by atoms with van der Waals surface area (Å²) in [5.41, 5.74) is 0.298. The summed E-state index contributed by atoms with van der Waals surface area (Å²) in [5.74, 6) is -0.905. The third-order valence-electron chi connectivity index (χ3n) is 1.75. The van der Waals surface area contributed by atoms with Crippen LogP contribution in [-0.4, -0.2) is 37.6 Å². The summed E-state index contributed by atoms with van der Waals surface area (Å²) in [6.07, 6.45) is 2.32. The highest BCUT2D eigenvalue weighted by Gasteiger charge is 2.15. The Morgan fingerprint density at radius 1 is 2.00 bits per heavy atom. The molecule has 3 nitrogen and oxygen atoms in total. The van der Waals surface area contributed by atoms with Gasteiger partial charge in [-0.3, -0.25) is 0 Å².